The quantitative estimate of drug-likeness (QED) is 0.665. The molecule has 0 fully saturated rings. The molecule has 0 unspecified atom stereocenters. The van der Waals surface area contributed by atoms with Crippen molar-refractivity contribution in [3.63, 3.8) is 0 Å². The highest BCUT2D eigenvalue weighted by molar-refractivity contribution is 5.74. The summed E-state index contributed by atoms with van der Waals surface area (Å²) in [4.78, 5) is 22.5. The minimum absolute atomic E-state index is 0.169. The summed E-state index contributed by atoms with van der Waals surface area (Å²) in [5, 5.41) is 2.92. The molecule has 0 saturated carbocycles. The molecule has 0 atom stereocenters. The number of aryl methyl sites for hydroxylation is 1. The van der Waals surface area contributed by atoms with Crippen molar-refractivity contribution in [1.29, 1.82) is 0 Å². The van der Waals surface area contributed by atoms with Gasteiger partial charge < -0.3 is 19.7 Å². The van der Waals surface area contributed by atoms with Crippen molar-refractivity contribution >= 4 is 6.03 Å². The van der Waals surface area contributed by atoms with E-state index in [4.69, 9.17) is 9.47 Å². The van der Waals surface area contributed by atoms with Crippen LogP contribution in [0.25, 0.3) is 5.82 Å². The number of nitrogens with zero attached hydrogens (tertiary/aromatic N) is 4. The average molecular weight is 395 g/mol. The Balaban J connectivity index is 1.58. The van der Waals surface area contributed by atoms with Crippen LogP contribution < -0.4 is 14.8 Å². The first-order valence-electron chi connectivity index (χ1n) is 9.15. The highest BCUT2D eigenvalue weighted by atomic mass is 16.5. The second-order valence-corrected chi connectivity index (χ2v) is 6.64. The van der Waals surface area contributed by atoms with E-state index in [0.29, 0.717) is 24.6 Å². The molecule has 1 N–H and O–H groups in total. The van der Waals surface area contributed by atoms with Crippen molar-refractivity contribution in [1.82, 2.24) is 24.8 Å². The Kier molecular flexibility index (Phi) is 6.33. The zero-order chi connectivity index (χ0) is 20.8. The van der Waals surface area contributed by atoms with Gasteiger partial charge in [0, 0.05) is 38.7 Å². The second-order valence-electron chi connectivity index (χ2n) is 6.64. The number of imidazole rings is 1. The maximum Gasteiger partial charge on any atom is 0.317 e. The molecule has 0 bridgehead atoms. The molecule has 29 heavy (non-hydrogen) atoms. The lowest BCUT2D eigenvalue weighted by Gasteiger charge is -2.20. The van der Waals surface area contributed by atoms with Crippen LogP contribution in [0.5, 0.6) is 11.5 Å². The first-order chi connectivity index (χ1) is 14.0. The number of hydrogen-bond donors (Lipinski definition) is 1. The third-order valence-corrected chi connectivity index (χ3v) is 4.62. The topological polar surface area (TPSA) is 81.5 Å². The Morgan fingerprint density at radius 3 is 2.59 bits per heavy atom. The van der Waals surface area contributed by atoms with Crippen LogP contribution in [0.15, 0.2) is 49.2 Å². The molecule has 0 spiro atoms. The van der Waals surface area contributed by atoms with Gasteiger partial charge >= 0.3 is 6.03 Å². The van der Waals surface area contributed by atoms with Crippen LogP contribution in [0, 0.1) is 6.92 Å². The van der Waals surface area contributed by atoms with Crippen LogP contribution in [-0.2, 0) is 13.1 Å². The average Bonchev–Trinajstić information content (AvgIpc) is 3.28. The van der Waals surface area contributed by atoms with E-state index in [1.54, 1.807) is 44.9 Å². The number of amides is 2. The van der Waals surface area contributed by atoms with Crippen LogP contribution in [0.1, 0.15) is 16.7 Å². The van der Waals surface area contributed by atoms with E-state index < -0.39 is 0 Å². The molecule has 8 nitrogen and oxygen atoms in total. The van der Waals surface area contributed by atoms with Crippen LogP contribution >= 0.6 is 0 Å². The Hall–Kier alpha value is -3.55. The number of urea groups is 1. The SMILES string of the molecule is COc1cc(C)c(CN(C)C(=O)NCc2ccc(-n3ccnc3)nc2)cc1OC. The summed E-state index contributed by atoms with van der Waals surface area (Å²) < 4.78 is 12.5. The van der Waals surface area contributed by atoms with Gasteiger partial charge in [-0.15, -0.1) is 0 Å². The van der Waals surface area contributed by atoms with E-state index in [1.165, 1.54) is 0 Å². The van der Waals surface area contributed by atoms with E-state index in [9.17, 15) is 4.79 Å². The molecule has 3 aromatic rings. The van der Waals surface area contributed by atoms with Crippen molar-refractivity contribution < 1.29 is 14.3 Å². The number of rotatable bonds is 7. The van der Waals surface area contributed by atoms with Crippen molar-refractivity contribution in [2.45, 2.75) is 20.0 Å². The summed E-state index contributed by atoms with van der Waals surface area (Å²) in [7, 11) is 4.96. The van der Waals surface area contributed by atoms with Gasteiger partial charge in [-0.05, 0) is 41.8 Å². The number of benzene rings is 1. The van der Waals surface area contributed by atoms with Gasteiger partial charge in [0.25, 0.3) is 0 Å². The Labute approximate surface area is 170 Å². The largest absolute Gasteiger partial charge is 0.493 e. The van der Waals surface area contributed by atoms with Crippen molar-refractivity contribution in [3.05, 3.63) is 65.9 Å². The minimum Gasteiger partial charge on any atom is -0.493 e. The molecule has 152 valence electrons. The molecule has 3 rings (SSSR count). The molecule has 8 heteroatoms. The summed E-state index contributed by atoms with van der Waals surface area (Å²) in [6.07, 6.45) is 6.96. The first kappa shape index (κ1) is 20.2. The summed E-state index contributed by atoms with van der Waals surface area (Å²) in [5.41, 5.74) is 2.94. The smallest absolute Gasteiger partial charge is 0.317 e. The third kappa shape index (κ3) is 4.84. The first-order valence-corrected chi connectivity index (χ1v) is 9.15. The Morgan fingerprint density at radius 2 is 1.97 bits per heavy atom. The summed E-state index contributed by atoms with van der Waals surface area (Å²) in [5.74, 6) is 2.09. The molecular formula is C21H25N5O3. The van der Waals surface area contributed by atoms with Gasteiger partial charge in [-0.25, -0.2) is 14.8 Å². The number of ether oxygens (including phenoxy) is 2. The van der Waals surface area contributed by atoms with Crippen LogP contribution in [-0.4, -0.2) is 46.7 Å². The predicted molar refractivity (Wildman–Crippen MR) is 109 cm³/mol. The molecule has 0 aliphatic carbocycles. The van der Waals surface area contributed by atoms with Crippen molar-refractivity contribution in [2.75, 3.05) is 21.3 Å². The molecule has 0 aliphatic rings. The molecule has 1 aromatic carbocycles. The van der Waals surface area contributed by atoms with E-state index >= 15 is 0 Å². The van der Waals surface area contributed by atoms with E-state index in [1.807, 2.05) is 42.0 Å². The van der Waals surface area contributed by atoms with Crippen LogP contribution in [0.4, 0.5) is 4.79 Å². The molecule has 2 heterocycles. The minimum atomic E-state index is -0.169. The lowest BCUT2D eigenvalue weighted by Crippen LogP contribution is -2.36. The molecular weight excluding hydrogens is 370 g/mol. The zero-order valence-electron chi connectivity index (χ0n) is 17.0. The Bertz CT molecular complexity index is 955. The predicted octanol–water partition coefficient (Wildman–Crippen LogP) is 2.93. The fourth-order valence-corrected chi connectivity index (χ4v) is 2.90. The highest BCUT2D eigenvalue weighted by Crippen LogP contribution is 2.30. The highest BCUT2D eigenvalue weighted by Gasteiger charge is 2.14. The standard InChI is InChI=1S/C21H25N5O3/c1-15-9-18(28-3)19(29-4)10-17(15)13-25(2)21(27)24-12-16-5-6-20(23-11-16)26-8-7-22-14-26/h5-11,14H,12-13H2,1-4H3,(H,24,27). The number of pyridine rings is 1. The second kappa shape index (κ2) is 9.09. The van der Waals surface area contributed by atoms with Gasteiger partial charge in [0.15, 0.2) is 11.5 Å². The number of nitrogens with one attached hydrogen (secondary N) is 1. The lowest BCUT2D eigenvalue weighted by atomic mass is 10.1. The van der Waals surface area contributed by atoms with Crippen LogP contribution in [0.3, 0.4) is 0 Å². The molecule has 0 radical (unpaired) electrons. The van der Waals surface area contributed by atoms with Crippen LogP contribution in [0.2, 0.25) is 0 Å². The molecule has 0 aliphatic heterocycles. The fraction of sp³-hybridized carbons (Fsp3) is 0.286. The number of carbonyl (C=O) groups excluding carboxylic acids is 1. The molecule has 0 saturated heterocycles. The van der Waals surface area contributed by atoms with E-state index in [2.05, 4.69) is 15.3 Å². The summed E-state index contributed by atoms with van der Waals surface area (Å²) in [6, 6.07) is 7.46. The van der Waals surface area contributed by atoms with E-state index in [-0.39, 0.29) is 6.03 Å². The van der Waals surface area contributed by atoms with Gasteiger partial charge in [-0.2, -0.15) is 0 Å². The molecule has 2 aromatic heterocycles. The fourth-order valence-electron chi connectivity index (χ4n) is 2.90. The Morgan fingerprint density at radius 1 is 1.21 bits per heavy atom. The third-order valence-electron chi connectivity index (χ3n) is 4.62. The molecule has 2 amide bonds. The van der Waals surface area contributed by atoms with Gasteiger partial charge in [-0.1, -0.05) is 6.07 Å². The van der Waals surface area contributed by atoms with Crippen molar-refractivity contribution in [3.8, 4) is 17.3 Å². The lowest BCUT2D eigenvalue weighted by molar-refractivity contribution is 0.206. The maximum atomic E-state index is 12.5. The number of methoxy groups -OCH3 is 2. The maximum absolute atomic E-state index is 12.5. The van der Waals surface area contributed by atoms with Gasteiger partial charge in [-0.3, -0.25) is 4.57 Å². The number of hydrogen-bond acceptors (Lipinski definition) is 5. The normalized spacial score (nSPS) is 10.5. The van der Waals surface area contributed by atoms with Gasteiger partial charge in [0.2, 0.25) is 0 Å². The number of aromatic nitrogens is 3. The van der Waals surface area contributed by atoms with Gasteiger partial charge in [0.1, 0.15) is 12.1 Å². The van der Waals surface area contributed by atoms with E-state index in [0.717, 1.165) is 22.5 Å². The zero-order valence-corrected chi connectivity index (χ0v) is 17.0. The summed E-state index contributed by atoms with van der Waals surface area (Å²) in [6.45, 7) is 2.83. The monoisotopic (exact) mass is 395 g/mol. The van der Waals surface area contributed by atoms with Crippen molar-refractivity contribution in [2.24, 2.45) is 0 Å². The number of carbonyl (C=O) groups is 1. The van der Waals surface area contributed by atoms with Gasteiger partial charge in [0.05, 0.1) is 14.2 Å². The summed E-state index contributed by atoms with van der Waals surface area (Å²) >= 11 is 0.